The monoisotopic (exact) mass is 513 g/mol. The van der Waals surface area contributed by atoms with Gasteiger partial charge in [-0.05, 0) is 55.4 Å². The Balaban J connectivity index is 1.20. The second-order valence-corrected chi connectivity index (χ2v) is 9.11. The quantitative estimate of drug-likeness (QED) is 0.187. The summed E-state index contributed by atoms with van der Waals surface area (Å²) >= 11 is 12.2. The minimum Gasteiger partial charge on any atom is -0.491 e. The lowest BCUT2D eigenvalue weighted by Gasteiger charge is -2.35. The van der Waals surface area contributed by atoms with Crippen LogP contribution in [0.2, 0.25) is 10.0 Å². The lowest BCUT2D eigenvalue weighted by Crippen LogP contribution is -2.47. The van der Waals surface area contributed by atoms with E-state index in [9.17, 15) is 4.79 Å². The molecule has 1 saturated heterocycles. The van der Waals surface area contributed by atoms with Crippen LogP contribution in [0.15, 0.2) is 60.5 Å². The molecule has 0 unspecified atom stereocenters. The van der Waals surface area contributed by atoms with E-state index < -0.39 is 0 Å². The number of amides is 1. The Morgan fingerprint density at radius 3 is 2.71 bits per heavy atom. The average molecular weight is 514 g/mol. The number of carbonyl (C=O) groups is 1. The Bertz CT molecular complexity index is 1160. The van der Waals surface area contributed by atoms with Crippen LogP contribution >= 0.6 is 23.2 Å². The van der Waals surface area contributed by atoms with Crippen LogP contribution in [-0.4, -0.2) is 67.2 Å². The van der Waals surface area contributed by atoms with Crippen molar-refractivity contribution in [3.63, 3.8) is 0 Å². The van der Waals surface area contributed by atoms with Gasteiger partial charge in [0.2, 0.25) is 0 Å². The summed E-state index contributed by atoms with van der Waals surface area (Å²) in [5, 5.41) is 4.92. The number of halogens is 2. The molecule has 184 valence electrons. The van der Waals surface area contributed by atoms with Crippen molar-refractivity contribution in [3.05, 3.63) is 76.2 Å². The highest BCUT2D eigenvalue weighted by Gasteiger charge is 2.17. The van der Waals surface area contributed by atoms with Crippen LogP contribution < -0.4 is 10.2 Å². The van der Waals surface area contributed by atoms with Gasteiger partial charge in [-0.2, -0.15) is 0 Å². The SMILES string of the molecule is COC(=CC=Cc1cc2cc(Cl)c(Cl)cc2[nH]1)C(=O)NCCCN1CCN(c2ccccn2)CC1. The number of piperazine rings is 1. The molecule has 3 aromatic rings. The molecule has 0 spiro atoms. The smallest absolute Gasteiger partial charge is 0.286 e. The molecule has 1 fully saturated rings. The number of anilines is 1. The first-order valence-corrected chi connectivity index (χ1v) is 12.4. The molecular weight excluding hydrogens is 485 g/mol. The maximum absolute atomic E-state index is 12.5. The molecule has 0 bridgehead atoms. The summed E-state index contributed by atoms with van der Waals surface area (Å²) in [6.07, 6.45) is 7.99. The molecule has 0 saturated carbocycles. The van der Waals surface area contributed by atoms with Gasteiger partial charge in [0.25, 0.3) is 5.91 Å². The number of pyridine rings is 1. The van der Waals surface area contributed by atoms with E-state index in [1.807, 2.05) is 42.6 Å². The summed E-state index contributed by atoms with van der Waals surface area (Å²) in [6.45, 7) is 5.44. The molecule has 0 aliphatic carbocycles. The molecule has 2 aromatic heterocycles. The number of aromatic amines is 1. The number of allylic oxidation sites excluding steroid dienone is 2. The zero-order chi connectivity index (χ0) is 24.6. The zero-order valence-corrected chi connectivity index (χ0v) is 21.1. The predicted molar refractivity (Wildman–Crippen MR) is 143 cm³/mol. The topological polar surface area (TPSA) is 73.5 Å². The number of rotatable bonds is 9. The van der Waals surface area contributed by atoms with Crippen LogP contribution in [0.1, 0.15) is 12.1 Å². The number of aromatic nitrogens is 2. The minimum atomic E-state index is -0.229. The van der Waals surface area contributed by atoms with E-state index in [1.54, 1.807) is 18.2 Å². The molecule has 0 radical (unpaired) electrons. The number of fused-ring (bicyclic) bond motifs is 1. The molecule has 0 atom stereocenters. The number of carbonyl (C=O) groups excluding carboxylic acids is 1. The number of ether oxygens (including phenoxy) is 1. The predicted octanol–water partition coefficient (Wildman–Crippen LogP) is 4.74. The third-order valence-corrected chi connectivity index (χ3v) is 6.65. The van der Waals surface area contributed by atoms with Gasteiger partial charge in [-0.3, -0.25) is 9.69 Å². The van der Waals surface area contributed by atoms with Gasteiger partial charge >= 0.3 is 0 Å². The van der Waals surface area contributed by atoms with Gasteiger partial charge in [-0.15, -0.1) is 0 Å². The summed E-state index contributed by atoms with van der Waals surface area (Å²) in [5.74, 6) is 1.06. The second kappa shape index (κ2) is 12.1. The molecule has 35 heavy (non-hydrogen) atoms. The number of hydrogen-bond donors (Lipinski definition) is 2. The molecule has 9 heteroatoms. The summed E-state index contributed by atoms with van der Waals surface area (Å²) in [4.78, 5) is 24.9. The number of H-pyrrole nitrogens is 1. The third kappa shape index (κ3) is 6.78. The Kier molecular flexibility index (Phi) is 8.69. The summed E-state index contributed by atoms with van der Waals surface area (Å²) in [5.41, 5.74) is 1.76. The first kappa shape index (κ1) is 25.1. The number of hydrogen-bond acceptors (Lipinski definition) is 5. The maximum atomic E-state index is 12.5. The Hall–Kier alpha value is -3.00. The van der Waals surface area contributed by atoms with Crippen molar-refractivity contribution in [3.8, 4) is 0 Å². The van der Waals surface area contributed by atoms with Gasteiger partial charge in [0, 0.05) is 55.5 Å². The van der Waals surface area contributed by atoms with Gasteiger partial charge < -0.3 is 19.9 Å². The largest absolute Gasteiger partial charge is 0.491 e. The van der Waals surface area contributed by atoms with Crippen molar-refractivity contribution in [1.29, 1.82) is 0 Å². The van der Waals surface area contributed by atoms with Crippen molar-refractivity contribution in [2.45, 2.75) is 6.42 Å². The average Bonchev–Trinajstić information content (AvgIpc) is 3.26. The van der Waals surface area contributed by atoms with Gasteiger partial charge in [-0.1, -0.05) is 35.3 Å². The highest BCUT2D eigenvalue weighted by atomic mass is 35.5. The van der Waals surface area contributed by atoms with Gasteiger partial charge in [-0.25, -0.2) is 4.98 Å². The first-order chi connectivity index (χ1) is 17.0. The van der Waals surface area contributed by atoms with Crippen molar-refractivity contribution in [2.75, 3.05) is 51.3 Å². The highest BCUT2D eigenvalue weighted by Crippen LogP contribution is 2.28. The first-order valence-electron chi connectivity index (χ1n) is 11.6. The third-order valence-electron chi connectivity index (χ3n) is 5.93. The highest BCUT2D eigenvalue weighted by molar-refractivity contribution is 6.42. The fourth-order valence-electron chi connectivity index (χ4n) is 4.05. The molecule has 1 aliphatic heterocycles. The van der Waals surface area contributed by atoms with Crippen LogP contribution in [0.3, 0.4) is 0 Å². The Morgan fingerprint density at radius 2 is 1.97 bits per heavy atom. The number of benzene rings is 1. The second-order valence-electron chi connectivity index (χ2n) is 8.30. The maximum Gasteiger partial charge on any atom is 0.286 e. The summed E-state index contributed by atoms with van der Waals surface area (Å²) < 4.78 is 5.27. The van der Waals surface area contributed by atoms with Gasteiger partial charge in [0.15, 0.2) is 5.76 Å². The van der Waals surface area contributed by atoms with Gasteiger partial charge in [0.1, 0.15) is 5.82 Å². The fourth-order valence-corrected chi connectivity index (χ4v) is 4.38. The van der Waals surface area contributed by atoms with Crippen molar-refractivity contribution >= 4 is 51.9 Å². The molecule has 1 aliphatic rings. The van der Waals surface area contributed by atoms with Crippen LogP contribution in [0.5, 0.6) is 0 Å². The minimum absolute atomic E-state index is 0.229. The van der Waals surface area contributed by atoms with Crippen LogP contribution in [-0.2, 0) is 9.53 Å². The summed E-state index contributed by atoms with van der Waals surface area (Å²) in [7, 11) is 1.49. The van der Waals surface area contributed by atoms with Crippen LogP contribution in [0, 0.1) is 0 Å². The lowest BCUT2D eigenvalue weighted by atomic mass is 10.2. The molecule has 1 aromatic carbocycles. The van der Waals surface area contributed by atoms with E-state index in [0.717, 1.165) is 61.6 Å². The normalized spacial score (nSPS) is 15.2. The lowest BCUT2D eigenvalue weighted by molar-refractivity contribution is -0.120. The van der Waals surface area contributed by atoms with E-state index in [1.165, 1.54) is 7.11 Å². The molecule has 4 rings (SSSR count). The number of nitrogens with one attached hydrogen (secondary N) is 2. The van der Waals surface area contributed by atoms with E-state index in [2.05, 4.69) is 25.1 Å². The van der Waals surface area contributed by atoms with Crippen molar-refractivity contribution < 1.29 is 9.53 Å². The standard InChI is InChI=1S/C26H29Cl2N5O2/c1-35-24(7-4-6-20-16-19-17-21(27)22(28)18-23(19)31-20)26(34)30-10-5-11-32-12-14-33(15-13-32)25-8-2-3-9-29-25/h2-4,6-9,16-18,31H,5,10-15H2,1H3,(H,30,34). The fraction of sp³-hybridized carbons (Fsp3) is 0.308. The Labute approximate surface area is 215 Å². The Morgan fingerprint density at radius 1 is 1.17 bits per heavy atom. The molecular formula is C26H29Cl2N5O2. The van der Waals surface area contributed by atoms with E-state index >= 15 is 0 Å². The zero-order valence-electron chi connectivity index (χ0n) is 19.6. The van der Waals surface area contributed by atoms with Crippen molar-refractivity contribution in [2.24, 2.45) is 0 Å². The van der Waals surface area contributed by atoms with E-state index in [0.29, 0.717) is 16.6 Å². The van der Waals surface area contributed by atoms with E-state index in [-0.39, 0.29) is 11.7 Å². The number of nitrogens with zero attached hydrogens (tertiary/aromatic N) is 3. The van der Waals surface area contributed by atoms with Crippen LogP contribution in [0.4, 0.5) is 5.82 Å². The molecule has 7 nitrogen and oxygen atoms in total. The van der Waals surface area contributed by atoms with Gasteiger partial charge in [0.05, 0.1) is 17.2 Å². The number of methoxy groups -OCH3 is 1. The summed E-state index contributed by atoms with van der Waals surface area (Å²) in [6, 6.07) is 11.6. The van der Waals surface area contributed by atoms with E-state index in [4.69, 9.17) is 27.9 Å². The van der Waals surface area contributed by atoms with Crippen molar-refractivity contribution in [1.82, 2.24) is 20.2 Å². The molecule has 1 amide bonds. The molecule has 2 N–H and O–H groups in total. The molecule has 3 heterocycles. The van der Waals surface area contributed by atoms with Crippen LogP contribution in [0.25, 0.3) is 17.0 Å².